The van der Waals surface area contributed by atoms with E-state index < -0.39 is 0 Å². The van der Waals surface area contributed by atoms with Crippen LogP contribution in [0.3, 0.4) is 0 Å². The third-order valence-electron chi connectivity index (χ3n) is 5.83. The summed E-state index contributed by atoms with van der Waals surface area (Å²) in [6, 6.07) is 0.0519. The normalized spacial score (nSPS) is 42.7. The number of hydrogen-bond donors (Lipinski definition) is 1. The van der Waals surface area contributed by atoms with Crippen LogP contribution in [0.1, 0.15) is 45.4 Å². The zero-order chi connectivity index (χ0) is 13.4. The minimum absolute atomic E-state index is 0.0519. The van der Waals surface area contributed by atoms with Crippen LogP contribution in [0.15, 0.2) is 0 Å². The molecule has 1 aliphatic heterocycles. The Bertz CT molecular complexity index is 344. The zero-order valence-electron chi connectivity index (χ0n) is 12.4. The number of amides is 1. The maximum absolute atomic E-state index is 12.6. The minimum Gasteiger partial charge on any atom is -0.341 e. The fourth-order valence-corrected chi connectivity index (χ4v) is 4.63. The highest BCUT2D eigenvalue weighted by molar-refractivity contribution is 5.82. The quantitative estimate of drug-likeness (QED) is 0.848. The molecule has 108 valence electrons. The van der Waals surface area contributed by atoms with Crippen LogP contribution in [0.4, 0.5) is 0 Å². The molecule has 2 saturated carbocycles. The standard InChI is InChI=1S/C16H28N2O/c1-11-5-6-18(16(19)15(7-11)17-2)10-14-9-12-3-4-13(14)8-12/h11-15,17H,3-10H2,1-2H3. The van der Waals surface area contributed by atoms with E-state index in [1.807, 2.05) is 7.05 Å². The lowest BCUT2D eigenvalue weighted by Gasteiger charge is -2.30. The molecule has 1 N–H and O–H groups in total. The van der Waals surface area contributed by atoms with E-state index in [-0.39, 0.29) is 6.04 Å². The van der Waals surface area contributed by atoms with Crippen molar-refractivity contribution in [1.82, 2.24) is 10.2 Å². The number of likely N-dealkylation sites (tertiary alicyclic amines) is 1. The molecule has 19 heavy (non-hydrogen) atoms. The first-order valence-electron chi connectivity index (χ1n) is 8.13. The summed E-state index contributed by atoms with van der Waals surface area (Å²) in [6.07, 6.45) is 7.87. The molecule has 1 saturated heterocycles. The second-order valence-electron chi connectivity index (χ2n) is 7.19. The fourth-order valence-electron chi connectivity index (χ4n) is 4.63. The van der Waals surface area contributed by atoms with Crippen LogP contribution in [0.5, 0.6) is 0 Å². The molecule has 1 amide bonds. The van der Waals surface area contributed by atoms with Crippen molar-refractivity contribution in [3.8, 4) is 0 Å². The number of likely N-dealkylation sites (N-methyl/N-ethyl adjacent to an activating group) is 1. The van der Waals surface area contributed by atoms with Gasteiger partial charge in [0.2, 0.25) is 5.91 Å². The first kappa shape index (κ1) is 13.4. The number of carbonyl (C=O) groups excluding carboxylic acids is 1. The van der Waals surface area contributed by atoms with Gasteiger partial charge in [-0.1, -0.05) is 13.3 Å². The van der Waals surface area contributed by atoms with E-state index in [4.69, 9.17) is 0 Å². The summed E-state index contributed by atoms with van der Waals surface area (Å²) >= 11 is 0. The van der Waals surface area contributed by atoms with Gasteiger partial charge in [0, 0.05) is 13.1 Å². The maximum atomic E-state index is 12.6. The molecular weight excluding hydrogens is 236 g/mol. The lowest BCUT2D eigenvalue weighted by molar-refractivity contribution is -0.133. The van der Waals surface area contributed by atoms with Crippen molar-refractivity contribution in [3.63, 3.8) is 0 Å². The van der Waals surface area contributed by atoms with Crippen LogP contribution in [-0.2, 0) is 4.79 Å². The van der Waals surface area contributed by atoms with E-state index in [2.05, 4.69) is 17.1 Å². The lowest BCUT2D eigenvalue weighted by Crippen LogP contribution is -2.46. The van der Waals surface area contributed by atoms with Crippen molar-refractivity contribution in [1.29, 1.82) is 0 Å². The van der Waals surface area contributed by atoms with Gasteiger partial charge in [-0.25, -0.2) is 0 Å². The van der Waals surface area contributed by atoms with E-state index in [0.29, 0.717) is 11.8 Å². The fraction of sp³-hybridized carbons (Fsp3) is 0.938. The van der Waals surface area contributed by atoms with Gasteiger partial charge in [0.25, 0.3) is 0 Å². The Labute approximate surface area is 117 Å². The van der Waals surface area contributed by atoms with Gasteiger partial charge in [0.1, 0.15) is 0 Å². The maximum Gasteiger partial charge on any atom is 0.239 e. The van der Waals surface area contributed by atoms with Gasteiger partial charge in [-0.05, 0) is 62.8 Å². The number of nitrogens with zero attached hydrogens (tertiary/aromatic N) is 1. The molecule has 5 atom stereocenters. The van der Waals surface area contributed by atoms with Gasteiger partial charge in [-0.3, -0.25) is 4.79 Å². The van der Waals surface area contributed by atoms with Gasteiger partial charge in [0.15, 0.2) is 0 Å². The molecule has 0 aromatic carbocycles. The molecule has 0 aromatic heterocycles. The first-order chi connectivity index (χ1) is 9.17. The summed E-state index contributed by atoms with van der Waals surface area (Å²) < 4.78 is 0. The predicted octanol–water partition coefficient (Wildman–Crippen LogP) is 2.27. The monoisotopic (exact) mass is 264 g/mol. The number of nitrogens with one attached hydrogen (secondary N) is 1. The smallest absolute Gasteiger partial charge is 0.239 e. The molecule has 3 heteroatoms. The second-order valence-corrected chi connectivity index (χ2v) is 7.19. The molecule has 5 unspecified atom stereocenters. The van der Waals surface area contributed by atoms with Crippen molar-refractivity contribution in [3.05, 3.63) is 0 Å². The SMILES string of the molecule is CNC1CC(C)CCN(CC2CC3CCC2C3)C1=O. The van der Waals surface area contributed by atoms with Crippen LogP contribution >= 0.6 is 0 Å². The van der Waals surface area contributed by atoms with Crippen molar-refractivity contribution in [2.45, 2.75) is 51.5 Å². The number of carbonyl (C=O) groups is 1. The van der Waals surface area contributed by atoms with Gasteiger partial charge in [-0.15, -0.1) is 0 Å². The summed E-state index contributed by atoms with van der Waals surface area (Å²) in [5, 5.41) is 3.22. The second kappa shape index (κ2) is 5.43. The Hall–Kier alpha value is -0.570. The van der Waals surface area contributed by atoms with Crippen molar-refractivity contribution in [2.75, 3.05) is 20.1 Å². The number of rotatable bonds is 3. The Morgan fingerprint density at radius 1 is 1.21 bits per heavy atom. The summed E-state index contributed by atoms with van der Waals surface area (Å²) in [5.41, 5.74) is 0. The van der Waals surface area contributed by atoms with Crippen LogP contribution < -0.4 is 5.32 Å². The van der Waals surface area contributed by atoms with Crippen LogP contribution in [0, 0.1) is 23.7 Å². The van der Waals surface area contributed by atoms with Crippen LogP contribution in [0.25, 0.3) is 0 Å². The molecule has 3 fully saturated rings. The van der Waals surface area contributed by atoms with Crippen molar-refractivity contribution < 1.29 is 4.79 Å². The Morgan fingerprint density at radius 2 is 2.05 bits per heavy atom. The van der Waals surface area contributed by atoms with Crippen LogP contribution in [-0.4, -0.2) is 37.0 Å². The Kier molecular flexibility index (Phi) is 3.84. The van der Waals surface area contributed by atoms with Crippen molar-refractivity contribution in [2.24, 2.45) is 23.7 Å². The molecule has 3 nitrogen and oxygen atoms in total. The lowest BCUT2D eigenvalue weighted by atomic mass is 9.88. The van der Waals surface area contributed by atoms with Crippen molar-refractivity contribution >= 4 is 5.91 Å². The van der Waals surface area contributed by atoms with E-state index in [0.717, 1.165) is 37.3 Å². The summed E-state index contributed by atoms with van der Waals surface area (Å²) in [5.74, 6) is 3.72. The molecule has 2 bridgehead atoms. The Balaban J connectivity index is 1.64. The van der Waals surface area contributed by atoms with E-state index in [1.165, 1.54) is 32.1 Å². The van der Waals surface area contributed by atoms with Gasteiger partial charge < -0.3 is 10.2 Å². The third kappa shape index (κ3) is 2.67. The predicted molar refractivity (Wildman–Crippen MR) is 76.8 cm³/mol. The Morgan fingerprint density at radius 3 is 2.68 bits per heavy atom. The third-order valence-corrected chi connectivity index (χ3v) is 5.83. The highest BCUT2D eigenvalue weighted by Crippen LogP contribution is 2.48. The average Bonchev–Trinajstić information content (AvgIpc) is 2.98. The molecule has 3 rings (SSSR count). The molecular formula is C16H28N2O. The van der Waals surface area contributed by atoms with E-state index in [9.17, 15) is 4.79 Å². The minimum atomic E-state index is 0.0519. The molecule has 1 heterocycles. The highest BCUT2D eigenvalue weighted by atomic mass is 16.2. The number of hydrogen-bond acceptors (Lipinski definition) is 2. The van der Waals surface area contributed by atoms with Gasteiger partial charge >= 0.3 is 0 Å². The van der Waals surface area contributed by atoms with E-state index in [1.54, 1.807) is 0 Å². The largest absolute Gasteiger partial charge is 0.341 e. The summed E-state index contributed by atoms with van der Waals surface area (Å²) in [7, 11) is 1.93. The molecule has 2 aliphatic carbocycles. The van der Waals surface area contributed by atoms with E-state index >= 15 is 0 Å². The first-order valence-corrected chi connectivity index (χ1v) is 8.13. The molecule has 0 radical (unpaired) electrons. The highest BCUT2D eigenvalue weighted by Gasteiger charge is 2.41. The summed E-state index contributed by atoms with van der Waals surface area (Å²) in [6.45, 7) is 4.29. The zero-order valence-corrected chi connectivity index (χ0v) is 12.4. The average molecular weight is 264 g/mol. The van der Waals surface area contributed by atoms with Gasteiger partial charge in [0.05, 0.1) is 6.04 Å². The van der Waals surface area contributed by atoms with Gasteiger partial charge in [-0.2, -0.15) is 0 Å². The number of fused-ring (bicyclic) bond motifs is 2. The molecule has 0 spiro atoms. The summed E-state index contributed by atoms with van der Waals surface area (Å²) in [4.78, 5) is 14.8. The molecule has 0 aromatic rings. The topological polar surface area (TPSA) is 32.3 Å². The molecule has 3 aliphatic rings. The van der Waals surface area contributed by atoms with Crippen LogP contribution in [0.2, 0.25) is 0 Å².